The van der Waals surface area contributed by atoms with Crippen LogP contribution in [0.15, 0.2) is 18.2 Å². The Bertz CT molecular complexity index is 488. The number of methoxy groups -OCH3 is 2. The average Bonchev–Trinajstić information content (AvgIpc) is 3.14. The number of rotatable bonds is 6. The first-order valence-electron chi connectivity index (χ1n) is 8.16. The molecule has 0 heterocycles. The van der Waals surface area contributed by atoms with Crippen molar-refractivity contribution in [1.29, 1.82) is 0 Å². The zero-order valence-electron chi connectivity index (χ0n) is 13.4. The number of hydrogen-bond acceptors (Lipinski definition) is 3. The second-order valence-corrected chi connectivity index (χ2v) is 6.66. The van der Waals surface area contributed by atoms with Gasteiger partial charge in [-0.05, 0) is 50.0 Å². The van der Waals surface area contributed by atoms with Gasteiger partial charge in [0.1, 0.15) is 0 Å². The monoisotopic (exact) mass is 289 g/mol. The van der Waals surface area contributed by atoms with Gasteiger partial charge < -0.3 is 14.8 Å². The van der Waals surface area contributed by atoms with Crippen LogP contribution in [0.2, 0.25) is 0 Å². The van der Waals surface area contributed by atoms with Gasteiger partial charge in [-0.2, -0.15) is 0 Å². The smallest absolute Gasteiger partial charge is 0.165 e. The number of hydrogen-bond donors (Lipinski definition) is 1. The van der Waals surface area contributed by atoms with Gasteiger partial charge in [0.25, 0.3) is 0 Å². The first kappa shape index (κ1) is 14.7. The highest BCUT2D eigenvalue weighted by atomic mass is 16.5. The van der Waals surface area contributed by atoms with E-state index < -0.39 is 0 Å². The second-order valence-electron chi connectivity index (χ2n) is 6.66. The van der Waals surface area contributed by atoms with Crippen molar-refractivity contribution < 1.29 is 9.47 Å². The molecule has 1 aromatic carbocycles. The lowest BCUT2D eigenvalue weighted by molar-refractivity contribution is 0.258. The molecule has 0 amide bonds. The van der Waals surface area contributed by atoms with Crippen molar-refractivity contribution in [1.82, 2.24) is 5.32 Å². The molecule has 0 radical (unpaired) electrons. The number of ether oxygens (including phenoxy) is 2. The molecular weight excluding hydrogens is 262 g/mol. The molecule has 21 heavy (non-hydrogen) atoms. The predicted molar refractivity (Wildman–Crippen MR) is 84.8 cm³/mol. The summed E-state index contributed by atoms with van der Waals surface area (Å²) in [6, 6.07) is 6.67. The van der Waals surface area contributed by atoms with Crippen molar-refractivity contribution in [2.45, 2.75) is 45.2 Å². The Balaban J connectivity index is 1.62. The SMILES string of the molecule is COc1cccc(CNC(C)C2CC3CCC2C3)c1OC. The third-order valence-electron chi connectivity index (χ3n) is 5.53. The summed E-state index contributed by atoms with van der Waals surface area (Å²) in [5.74, 6) is 4.50. The Hall–Kier alpha value is -1.22. The molecule has 3 nitrogen and oxygen atoms in total. The Kier molecular flexibility index (Phi) is 4.39. The normalized spacial score (nSPS) is 28.6. The molecular formula is C18H27NO2. The Labute approximate surface area is 128 Å². The van der Waals surface area contributed by atoms with Crippen LogP contribution in [-0.4, -0.2) is 20.3 Å². The van der Waals surface area contributed by atoms with Gasteiger partial charge in [-0.3, -0.25) is 0 Å². The van der Waals surface area contributed by atoms with Gasteiger partial charge in [-0.25, -0.2) is 0 Å². The van der Waals surface area contributed by atoms with Crippen LogP contribution >= 0.6 is 0 Å². The molecule has 0 saturated heterocycles. The third-order valence-corrected chi connectivity index (χ3v) is 5.53. The number of para-hydroxylation sites is 1. The maximum atomic E-state index is 5.51. The quantitative estimate of drug-likeness (QED) is 0.867. The molecule has 2 bridgehead atoms. The standard InChI is InChI=1S/C18H27NO2/c1-12(16-10-13-7-8-14(16)9-13)19-11-15-5-4-6-17(20-2)18(15)21-3/h4-6,12-14,16,19H,7-11H2,1-3H3. The molecule has 1 N–H and O–H groups in total. The molecule has 3 rings (SSSR count). The molecule has 0 spiro atoms. The first-order valence-corrected chi connectivity index (χ1v) is 8.16. The van der Waals surface area contributed by atoms with Crippen LogP contribution in [0.4, 0.5) is 0 Å². The maximum Gasteiger partial charge on any atom is 0.165 e. The van der Waals surface area contributed by atoms with Gasteiger partial charge in [0.05, 0.1) is 14.2 Å². The summed E-state index contributed by atoms with van der Waals surface area (Å²) >= 11 is 0. The fraction of sp³-hybridized carbons (Fsp3) is 0.667. The number of benzene rings is 1. The minimum absolute atomic E-state index is 0.580. The molecule has 0 aliphatic heterocycles. The van der Waals surface area contributed by atoms with Crippen molar-refractivity contribution in [2.24, 2.45) is 17.8 Å². The summed E-state index contributed by atoms with van der Waals surface area (Å²) in [4.78, 5) is 0. The van der Waals surface area contributed by atoms with Gasteiger partial charge in [0, 0.05) is 18.2 Å². The fourth-order valence-electron chi connectivity index (χ4n) is 4.42. The van der Waals surface area contributed by atoms with Crippen LogP contribution in [0.1, 0.15) is 38.2 Å². The highest BCUT2D eigenvalue weighted by Crippen LogP contribution is 2.49. The van der Waals surface area contributed by atoms with Gasteiger partial charge in [-0.1, -0.05) is 18.6 Å². The van der Waals surface area contributed by atoms with Crippen molar-refractivity contribution in [2.75, 3.05) is 14.2 Å². The van der Waals surface area contributed by atoms with Gasteiger partial charge >= 0.3 is 0 Å². The lowest BCUT2D eigenvalue weighted by atomic mass is 9.84. The van der Waals surface area contributed by atoms with Crippen LogP contribution in [0, 0.1) is 17.8 Å². The van der Waals surface area contributed by atoms with Crippen molar-refractivity contribution in [3.05, 3.63) is 23.8 Å². The zero-order valence-corrected chi connectivity index (χ0v) is 13.4. The molecule has 116 valence electrons. The molecule has 1 aromatic rings. The summed E-state index contributed by atoms with van der Waals surface area (Å²) in [5, 5.41) is 3.72. The van der Waals surface area contributed by atoms with Crippen LogP contribution in [0.5, 0.6) is 11.5 Å². The fourth-order valence-corrected chi connectivity index (χ4v) is 4.42. The average molecular weight is 289 g/mol. The molecule has 0 aromatic heterocycles. The minimum atomic E-state index is 0.580. The molecule has 2 fully saturated rings. The predicted octanol–water partition coefficient (Wildman–Crippen LogP) is 3.62. The highest BCUT2D eigenvalue weighted by Gasteiger charge is 2.41. The maximum absolute atomic E-state index is 5.51. The van der Waals surface area contributed by atoms with Crippen LogP contribution < -0.4 is 14.8 Å². The van der Waals surface area contributed by atoms with E-state index in [9.17, 15) is 0 Å². The van der Waals surface area contributed by atoms with Crippen LogP contribution in [0.25, 0.3) is 0 Å². The van der Waals surface area contributed by atoms with E-state index >= 15 is 0 Å². The van der Waals surface area contributed by atoms with E-state index in [0.29, 0.717) is 6.04 Å². The largest absolute Gasteiger partial charge is 0.493 e. The molecule has 2 saturated carbocycles. The van der Waals surface area contributed by atoms with E-state index in [0.717, 1.165) is 35.8 Å². The number of fused-ring (bicyclic) bond motifs is 2. The summed E-state index contributed by atoms with van der Waals surface area (Å²) in [5.41, 5.74) is 1.17. The van der Waals surface area contributed by atoms with Crippen molar-refractivity contribution in [3.63, 3.8) is 0 Å². The first-order chi connectivity index (χ1) is 10.2. The highest BCUT2D eigenvalue weighted by molar-refractivity contribution is 5.46. The van der Waals surface area contributed by atoms with E-state index in [1.54, 1.807) is 14.2 Å². The lowest BCUT2D eigenvalue weighted by Gasteiger charge is -2.29. The topological polar surface area (TPSA) is 30.5 Å². The van der Waals surface area contributed by atoms with E-state index in [1.807, 2.05) is 12.1 Å². The number of nitrogens with one attached hydrogen (secondary N) is 1. The van der Waals surface area contributed by atoms with Crippen LogP contribution in [-0.2, 0) is 6.54 Å². The Morgan fingerprint density at radius 2 is 2.05 bits per heavy atom. The Morgan fingerprint density at radius 1 is 1.19 bits per heavy atom. The van der Waals surface area contributed by atoms with E-state index in [4.69, 9.17) is 9.47 Å². The molecule has 3 heteroatoms. The Morgan fingerprint density at radius 3 is 2.67 bits per heavy atom. The summed E-state index contributed by atoms with van der Waals surface area (Å²) in [7, 11) is 3.40. The van der Waals surface area contributed by atoms with E-state index in [-0.39, 0.29) is 0 Å². The van der Waals surface area contributed by atoms with Gasteiger partial charge in [0.2, 0.25) is 0 Å². The summed E-state index contributed by atoms with van der Waals surface area (Å²) in [6.45, 7) is 3.19. The van der Waals surface area contributed by atoms with Crippen LogP contribution in [0.3, 0.4) is 0 Å². The third kappa shape index (κ3) is 2.89. The van der Waals surface area contributed by atoms with E-state index in [2.05, 4.69) is 18.3 Å². The lowest BCUT2D eigenvalue weighted by Crippen LogP contribution is -2.35. The minimum Gasteiger partial charge on any atom is -0.493 e. The zero-order chi connectivity index (χ0) is 14.8. The van der Waals surface area contributed by atoms with Gasteiger partial charge in [-0.15, -0.1) is 0 Å². The van der Waals surface area contributed by atoms with E-state index in [1.165, 1.54) is 31.2 Å². The van der Waals surface area contributed by atoms with Crippen molar-refractivity contribution >= 4 is 0 Å². The van der Waals surface area contributed by atoms with Crippen molar-refractivity contribution in [3.8, 4) is 11.5 Å². The molecule has 4 atom stereocenters. The molecule has 2 aliphatic carbocycles. The van der Waals surface area contributed by atoms with Gasteiger partial charge in [0.15, 0.2) is 11.5 Å². The summed E-state index contributed by atoms with van der Waals surface area (Å²) in [6.07, 6.45) is 5.81. The molecule has 4 unspecified atom stereocenters. The second kappa shape index (κ2) is 6.27. The molecule has 2 aliphatic rings. The summed E-state index contributed by atoms with van der Waals surface area (Å²) < 4.78 is 10.9.